The van der Waals surface area contributed by atoms with Crippen molar-refractivity contribution in [2.75, 3.05) is 6.61 Å². The summed E-state index contributed by atoms with van der Waals surface area (Å²) in [6.07, 6.45) is -1.63. The molecule has 0 bridgehead atoms. The van der Waals surface area contributed by atoms with Crippen LogP contribution in [-0.4, -0.2) is 30.6 Å². The molecule has 0 aromatic heterocycles. The second kappa shape index (κ2) is 10.3. The van der Waals surface area contributed by atoms with Crippen LogP contribution in [0.15, 0.2) is 48.5 Å². The van der Waals surface area contributed by atoms with Crippen LogP contribution < -0.4 is 9.47 Å². The minimum atomic E-state index is -0.848. The molecular formula is C22H24O7. The second-order valence-corrected chi connectivity index (χ2v) is 6.46. The Morgan fingerprint density at radius 2 is 1.38 bits per heavy atom. The Balaban J connectivity index is 2.32. The van der Waals surface area contributed by atoms with Crippen LogP contribution >= 0.6 is 0 Å². The zero-order valence-corrected chi connectivity index (χ0v) is 16.8. The van der Waals surface area contributed by atoms with Crippen LogP contribution in [0.25, 0.3) is 0 Å². The number of rotatable bonds is 8. The van der Waals surface area contributed by atoms with Gasteiger partial charge in [0.1, 0.15) is 18.1 Å². The molecular weight excluding hydrogens is 376 g/mol. The molecule has 2 aromatic carbocycles. The first kappa shape index (κ1) is 21.9. The summed E-state index contributed by atoms with van der Waals surface area (Å²) >= 11 is 0. The van der Waals surface area contributed by atoms with Gasteiger partial charge < -0.3 is 18.9 Å². The van der Waals surface area contributed by atoms with E-state index in [1.165, 1.54) is 20.8 Å². The number of carbonyl (C=O) groups is 3. The minimum Gasteiger partial charge on any atom is -0.483 e. The Kier molecular flexibility index (Phi) is 7.77. The maximum atomic E-state index is 11.7. The number of hydrogen-bond acceptors (Lipinski definition) is 7. The van der Waals surface area contributed by atoms with Gasteiger partial charge >= 0.3 is 17.9 Å². The highest BCUT2D eigenvalue weighted by molar-refractivity contribution is 5.69. The molecule has 0 radical (unpaired) electrons. The van der Waals surface area contributed by atoms with Crippen LogP contribution in [0.4, 0.5) is 0 Å². The predicted molar refractivity (Wildman–Crippen MR) is 104 cm³/mol. The fraction of sp³-hybridized carbons (Fsp3) is 0.318. The summed E-state index contributed by atoms with van der Waals surface area (Å²) in [5, 5.41) is 0. The molecule has 154 valence electrons. The molecule has 0 saturated carbocycles. The summed E-state index contributed by atoms with van der Waals surface area (Å²) in [7, 11) is 0. The van der Waals surface area contributed by atoms with Crippen LogP contribution in [0.1, 0.15) is 38.0 Å². The third-order valence-corrected chi connectivity index (χ3v) is 3.86. The number of esters is 3. The number of ether oxygens (including phenoxy) is 4. The third-order valence-electron chi connectivity index (χ3n) is 3.86. The SMILES string of the molecule is CC(=O)OCC(Oc1ccc(C)cc1)C(OC(C)=O)c1ccc(OC(C)=O)cc1. The maximum absolute atomic E-state index is 11.7. The normalized spacial score (nSPS) is 12.4. The topological polar surface area (TPSA) is 88.1 Å². The first-order valence-corrected chi connectivity index (χ1v) is 9.07. The lowest BCUT2D eigenvalue weighted by molar-refractivity contribution is -0.157. The molecule has 2 aromatic rings. The quantitative estimate of drug-likeness (QED) is 0.495. The first-order valence-electron chi connectivity index (χ1n) is 9.07. The molecule has 2 unspecified atom stereocenters. The lowest BCUT2D eigenvalue weighted by atomic mass is 10.0. The van der Waals surface area contributed by atoms with Crippen LogP contribution in [0.2, 0.25) is 0 Å². The largest absolute Gasteiger partial charge is 0.483 e. The van der Waals surface area contributed by atoms with Crippen molar-refractivity contribution >= 4 is 17.9 Å². The molecule has 2 atom stereocenters. The van der Waals surface area contributed by atoms with E-state index in [0.717, 1.165) is 5.56 Å². The van der Waals surface area contributed by atoms with Gasteiger partial charge in [-0.05, 0) is 36.8 Å². The van der Waals surface area contributed by atoms with Crippen LogP contribution in [0, 0.1) is 6.92 Å². The Labute approximate surface area is 169 Å². The van der Waals surface area contributed by atoms with Gasteiger partial charge in [0, 0.05) is 20.8 Å². The highest BCUT2D eigenvalue weighted by atomic mass is 16.6. The molecule has 29 heavy (non-hydrogen) atoms. The molecule has 0 fully saturated rings. The van der Waals surface area contributed by atoms with Gasteiger partial charge in [0.2, 0.25) is 0 Å². The van der Waals surface area contributed by atoms with Gasteiger partial charge in [0.05, 0.1) is 0 Å². The summed E-state index contributed by atoms with van der Waals surface area (Å²) in [5.41, 5.74) is 1.66. The average Bonchev–Trinajstić information content (AvgIpc) is 2.65. The zero-order valence-electron chi connectivity index (χ0n) is 16.8. The van der Waals surface area contributed by atoms with Crippen molar-refractivity contribution in [3.63, 3.8) is 0 Å². The van der Waals surface area contributed by atoms with Gasteiger partial charge in [-0.3, -0.25) is 14.4 Å². The van der Waals surface area contributed by atoms with Gasteiger partial charge in [-0.15, -0.1) is 0 Å². The van der Waals surface area contributed by atoms with Crippen molar-refractivity contribution < 1.29 is 33.3 Å². The summed E-state index contributed by atoms with van der Waals surface area (Å²) in [5.74, 6) is -0.529. The standard InChI is InChI=1S/C22H24O7/c1-14-5-9-20(10-6-14)29-21(13-26-15(2)23)22(28-17(4)25)18-7-11-19(12-8-18)27-16(3)24/h5-12,21-22H,13H2,1-4H3. The van der Waals surface area contributed by atoms with Crippen LogP contribution in [0.3, 0.4) is 0 Å². The van der Waals surface area contributed by atoms with Gasteiger partial charge in [-0.25, -0.2) is 0 Å². The third kappa shape index (κ3) is 7.29. The van der Waals surface area contributed by atoms with Crippen molar-refractivity contribution in [3.8, 4) is 11.5 Å². The Bertz CT molecular complexity index is 840. The first-order chi connectivity index (χ1) is 13.7. The van der Waals surface area contributed by atoms with Crippen molar-refractivity contribution in [1.29, 1.82) is 0 Å². The fourth-order valence-electron chi connectivity index (χ4n) is 2.60. The van der Waals surface area contributed by atoms with E-state index in [2.05, 4.69) is 0 Å². The number of benzene rings is 2. The lowest BCUT2D eigenvalue weighted by Gasteiger charge is -2.27. The summed E-state index contributed by atoms with van der Waals surface area (Å²) in [6, 6.07) is 13.8. The van der Waals surface area contributed by atoms with E-state index in [4.69, 9.17) is 18.9 Å². The van der Waals surface area contributed by atoms with E-state index in [1.807, 2.05) is 19.1 Å². The van der Waals surface area contributed by atoms with Gasteiger partial charge in [0.15, 0.2) is 12.2 Å². The number of hydrogen-bond donors (Lipinski definition) is 0. The smallest absolute Gasteiger partial charge is 0.308 e. The van der Waals surface area contributed by atoms with E-state index in [9.17, 15) is 14.4 Å². The summed E-state index contributed by atoms with van der Waals surface area (Å²) in [4.78, 5) is 34.2. The molecule has 7 nitrogen and oxygen atoms in total. The van der Waals surface area contributed by atoms with Crippen molar-refractivity contribution in [2.45, 2.75) is 39.9 Å². The highest BCUT2D eigenvalue weighted by Crippen LogP contribution is 2.28. The maximum Gasteiger partial charge on any atom is 0.308 e. The molecule has 2 rings (SSSR count). The van der Waals surface area contributed by atoms with E-state index in [0.29, 0.717) is 17.1 Å². The van der Waals surface area contributed by atoms with E-state index >= 15 is 0 Å². The molecule has 0 N–H and O–H groups in total. The molecule has 0 amide bonds. The van der Waals surface area contributed by atoms with Crippen molar-refractivity contribution in [3.05, 3.63) is 59.7 Å². The Hall–Kier alpha value is -3.35. The van der Waals surface area contributed by atoms with Crippen molar-refractivity contribution in [2.24, 2.45) is 0 Å². The summed E-state index contributed by atoms with van der Waals surface area (Å²) < 4.78 is 21.6. The van der Waals surface area contributed by atoms with Crippen LogP contribution in [0.5, 0.6) is 11.5 Å². The van der Waals surface area contributed by atoms with Gasteiger partial charge in [0.25, 0.3) is 0 Å². The minimum absolute atomic E-state index is 0.118. The fourth-order valence-corrected chi connectivity index (χ4v) is 2.60. The second-order valence-electron chi connectivity index (χ2n) is 6.46. The monoisotopic (exact) mass is 400 g/mol. The van der Waals surface area contributed by atoms with Gasteiger partial charge in [-0.2, -0.15) is 0 Å². The molecule has 0 heterocycles. The summed E-state index contributed by atoms with van der Waals surface area (Å²) in [6.45, 7) is 5.71. The van der Waals surface area contributed by atoms with E-state index < -0.39 is 30.1 Å². The molecule has 0 aliphatic carbocycles. The van der Waals surface area contributed by atoms with E-state index in [1.54, 1.807) is 36.4 Å². The highest BCUT2D eigenvalue weighted by Gasteiger charge is 2.29. The van der Waals surface area contributed by atoms with E-state index in [-0.39, 0.29) is 6.61 Å². The van der Waals surface area contributed by atoms with Gasteiger partial charge in [-0.1, -0.05) is 29.8 Å². The predicted octanol–water partition coefficient (Wildman–Crippen LogP) is 3.54. The molecule has 7 heteroatoms. The zero-order chi connectivity index (χ0) is 21.4. The van der Waals surface area contributed by atoms with Crippen molar-refractivity contribution in [1.82, 2.24) is 0 Å². The molecule has 0 aliphatic rings. The molecule has 0 aliphatic heterocycles. The Morgan fingerprint density at radius 1 is 0.793 bits per heavy atom. The average molecular weight is 400 g/mol. The number of aryl methyl sites for hydroxylation is 1. The molecule has 0 spiro atoms. The molecule has 0 saturated heterocycles. The Morgan fingerprint density at radius 3 is 1.90 bits per heavy atom. The number of carbonyl (C=O) groups excluding carboxylic acids is 3. The lowest BCUT2D eigenvalue weighted by Crippen LogP contribution is -2.34. The van der Waals surface area contributed by atoms with Crippen LogP contribution in [-0.2, 0) is 23.9 Å².